The van der Waals surface area contributed by atoms with Gasteiger partial charge in [-0.1, -0.05) is 6.92 Å². The average Bonchev–Trinajstić information content (AvgIpc) is 2.17. The zero-order valence-corrected chi connectivity index (χ0v) is 9.28. The van der Waals surface area contributed by atoms with E-state index in [1.54, 1.807) is 6.07 Å². The van der Waals surface area contributed by atoms with Gasteiger partial charge in [-0.3, -0.25) is 5.32 Å². The smallest absolute Gasteiger partial charge is 0.182 e. The minimum Gasteiger partial charge on any atom is -0.360 e. The van der Waals surface area contributed by atoms with E-state index in [0.717, 1.165) is 18.8 Å². The van der Waals surface area contributed by atoms with Crippen LogP contribution in [0.25, 0.3) is 0 Å². The molecule has 0 spiro atoms. The number of rotatable bonds is 4. The number of nitrogens with zero attached hydrogens (tertiary/aromatic N) is 4. The number of hydrogen-bond donors (Lipinski definition) is 1. The summed E-state index contributed by atoms with van der Waals surface area (Å²) in [7, 11) is 1.97. The molecule has 1 rings (SSSR count). The van der Waals surface area contributed by atoms with Gasteiger partial charge in [-0.15, -0.1) is 0 Å². The van der Waals surface area contributed by atoms with Crippen molar-refractivity contribution in [1.82, 2.24) is 9.97 Å². The van der Waals surface area contributed by atoms with Crippen molar-refractivity contribution in [2.75, 3.05) is 23.8 Å². The van der Waals surface area contributed by atoms with Crippen LogP contribution in [0.2, 0.25) is 0 Å². The Labute approximate surface area is 89.8 Å². The number of aryl methyl sites for hydroxylation is 1. The van der Waals surface area contributed by atoms with Gasteiger partial charge in [-0.25, -0.2) is 9.97 Å². The number of nitriles is 1. The van der Waals surface area contributed by atoms with Crippen LogP contribution in [-0.2, 0) is 0 Å². The molecule has 0 aliphatic carbocycles. The van der Waals surface area contributed by atoms with Crippen molar-refractivity contribution in [2.45, 2.75) is 20.3 Å². The molecule has 1 N–H and O–H groups in total. The summed E-state index contributed by atoms with van der Waals surface area (Å²) in [6.07, 6.45) is 2.91. The Balaban J connectivity index is 2.93. The second-order valence-corrected chi connectivity index (χ2v) is 3.32. The molecule has 0 fully saturated rings. The largest absolute Gasteiger partial charge is 0.360 e. The first kappa shape index (κ1) is 11.2. The van der Waals surface area contributed by atoms with Gasteiger partial charge >= 0.3 is 0 Å². The fraction of sp³-hybridized carbons (Fsp3) is 0.500. The zero-order valence-electron chi connectivity index (χ0n) is 9.28. The summed E-state index contributed by atoms with van der Waals surface area (Å²) in [5.74, 6) is 2.04. The Hall–Kier alpha value is -1.83. The van der Waals surface area contributed by atoms with E-state index in [4.69, 9.17) is 5.26 Å². The van der Waals surface area contributed by atoms with Crippen LogP contribution in [-0.4, -0.2) is 23.6 Å². The molecule has 1 heterocycles. The third kappa shape index (κ3) is 3.09. The van der Waals surface area contributed by atoms with Gasteiger partial charge in [0.05, 0.1) is 0 Å². The van der Waals surface area contributed by atoms with E-state index in [-0.39, 0.29) is 0 Å². The number of anilines is 2. The first-order valence-corrected chi connectivity index (χ1v) is 4.89. The fourth-order valence-electron chi connectivity index (χ4n) is 1.32. The van der Waals surface area contributed by atoms with Gasteiger partial charge in [-0.05, 0) is 13.3 Å². The van der Waals surface area contributed by atoms with Gasteiger partial charge in [0.1, 0.15) is 17.5 Å². The normalized spacial score (nSPS) is 9.47. The van der Waals surface area contributed by atoms with E-state index in [1.165, 1.54) is 0 Å². The Morgan fingerprint density at radius 1 is 1.53 bits per heavy atom. The summed E-state index contributed by atoms with van der Waals surface area (Å²) < 4.78 is 0. The topological polar surface area (TPSA) is 64.8 Å². The Kier molecular flexibility index (Phi) is 3.86. The molecule has 0 saturated heterocycles. The van der Waals surface area contributed by atoms with Crippen molar-refractivity contribution in [1.29, 1.82) is 5.26 Å². The second kappa shape index (κ2) is 5.15. The monoisotopic (exact) mass is 205 g/mol. The Morgan fingerprint density at radius 3 is 2.87 bits per heavy atom. The third-order valence-electron chi connectivity index (χ3n) is 1.96. The van der Waals surface area contributed by atoms with E-state index in [9.17, 15) is 0 Å². The predicted molar refractivity (Wildman–Crippen MR) is 59.6 cm³/mol. The summed E-state index contributed by atoms with van der Waals surface area (Å²) >= 11 is 0. The molecule has 0 aromatic carbocycles. The van der Waals surface area contributed by atoms with Crippen molar-refractivity contribution >= 4 is 11.6 Å². The predicted octanol–water partition coefficient (Wildman–Crippen LogP) is 1.52. The SMILES string of the molecule is CCCN(C)c1cc(NC#N)nc(C)n1. The Bertz CT molecular complexity index is 369. The minimum atomic E-state index is 0.544. The van der Waals surface area contributed by atoms with Crippen LogP contribution in [0.1, 0.15) is 19.2 Å². The molecule has 5 heteroatoms. The van der Waals surface area contributed by atoms with Crippen LogP contribution in [0, 0.1) is 18.4 Å². The molecule has 0 bridgehead atoms. The Morgan fingerprint density at radius 2 is 2.27 bits per heavy atom. The van der Waals surface area contributed by atoms with Crippen molar-refractivity contribution in [3.63, 3.8) is 0 Å². The molecule has 5 nitrogen and oxygen atoms in total. The number of nitrogens with one attached hydrogen (secondary N) is 1. The molecule has 0 unspecified atom stereocenters. The standard InChI is InChI=1S/C10H15N5/c1-4-5-15(3)10-6-9(12-7-11)13-8(2)14-10/h6H,4-5H2,1-3H3,(H,12,13,14). The highest BCUT2D eigenvalue weighted by Crippen LogP contribution is 2.14. The average molecular weight is 205 g/mol. The summed E-state index contributed by atoms with van der Waals surface area (Å²) in [6.45, 7) is 4.85. The van der Waals surface area contributed by atoms with Crippen molar-refractivity contribution in [2.24, 2.45) is 0 Å². The van der Waals surface area contributed by atoms with Gasteiger partial charge in [-0.2, -0.15) is 5.26 Å². The van der Waals surface area contributed by atoms with E-state index >= 15 is 0 Å². The molecule has 0 aliphatic rings. The maximum absolute atomic E-state index is 8.51. The fourth-order valence-corrected chi connectivity index (χ4v) is 1.32. The summed E-state index contributed by atoms with van der Waals surface area (Å²) in [4.78, 5) is 10.4. The van der Waals surface area contributed by atoms with Gasteiger partial charge in [0.2, 0.25) is 0 Å². The second-order valence-electron chi connectivity index (χ2n) is 3.32. The zero-order chi connectivity index (χ0) is 11.3. The number of hydrogen-bond acceptors (Lipinski definition) is 5. The van der Waals surface area contributed by atoms with Crippen LogP contribution in [0.5, 0.6) is 0 Å². The van der Waals surface area contributed by atoms with Crippen molar-refractivity contribution in [3.05, 3.63) is 11.9 Å². The molecular weight excluding hydrogens is 190 g/mol. The van der Waals surface area contributed by atoms with Crippen molar-refractivity contribution in [3.8, 4) is 6.19 Å². The van der Waals surface area contributed by atoms with Crippen LogP contribution < -0.4 is 10.2 Å². The van der Waals surface area contributed by atoms with E-state index in [1.807, 2.05) is 25.1 Å². The molecule has 1 aromatic rings. The molecule has 1 aromatic heterocycles. The first-order chi connectivity index (χ1) is 7.17. The highest BCUT2D eigenvalue weighted by Gasteiger charge is 2.05. The molecule has 0 saturated carbocycles. The molecule has 80 valence electrons. The van der Waals surface area contributed by atoms with Gasteiger partial charge in [0.15, 0.2) is 6.19 Å². The number of aromatic nitrogens is 2. The molecule has 0 atom stereocenters. The lowest BCUT2D eigenvalue weighted by Gasteiger charge is -2.17. The van der Waals surface area contributed by atoms with Crippen LogP contribution in [0.4, 0.5) is 11.6 Å². The lowest BCUT2D eigenvalue weighted by Crippen LogP contribution is -2.19. The minimum absolute atomic E-state index is 0.544. The highest BCUT2D eigenvalue weighted by atomic mass is 15.2. The van der Waals surface area contributed by atoms with Crippen LogP contribution in [0.3, 0.4) is 0 Å². The van der Waals surface area contributed by atoms with Crippen LogP contribution >= 0.6 is 0 Å². The van der Waals surface area contributed by atoms with Crippen LogP contribution in [0.15, 0.2) is 6.07 Å². The lowest BCUT2D eigenvalue weighted by atomic mass is 10.4. The summed E-state index contributed by atoms with van der Waals surface area (Å²) in [6, 6.07) is 1.77. The summed E-state index contributed by atoms with van der Waals surface area (Å²) in [5, 5.41) is 11.0. The quantitative estimate of drug-likeness (QED) is 0.596. The van der Waals surface area contributed by atoms with Crippen molar-refractivity contribution < 1.29 is 0 Å². The first-order valence-electron chi connectivity index (χ1n) is 4.89. The molecule has 15 heavy (non-hydrogen) atoms. The maximum Gasteiger partial charge on any atom is 0.182 e. The van der Waals surface area contributed by atoms with E-state index in [2.05, 4.69) is 22.2 Å². The van der Waals surface area contributed by atoms with Gasteiger partial charge < -0.3 is 4.90 Å². The maximum atomic E-state index is 8.51. The molecular formula is C10H15N5. The lowest BCUT2D eigenvalue weighted by molar-refractivity contribution is 0.829. The van der Waals surface area contributed by atoms with Gasteiger partial charge in [0, 0.05) is 19.7 Å². The molecule has 0 amide bonds. The molecule has 0 aliphatic heterocycles. The summed E-state index contributed by atoms with van der Waals surface area (Å²) in [5.41, 5.74) is 0. The van der Waals surface area contributed by atoms with E-state index in [0.29, 0.717) is 11.6 Å². The third-order valence-corrected chi connectivity index (χ3v) is 1.96. The van der Waals surface area contributed by atoms with Gasteiger partial charge in [0.25, 0.3) is 0 Å². The van der Waals surface area contributed by atoms with E-state index < -0.39 is 0 Å². The molecule has 0 radical (unpaired) electrons. The highest BCUT2D eigenvalue weighted by molar-refractivity contribution is 5.50.